The molecule has 0 amide bonds. The van der Waals surface area contributed by atoms with Gasteiger partial charge in [0, 0.05) is 25.9 Å². The van der Waals surface area contributed by atoms with E-state index in [1.165, 1.54) is 23.9 Å². The predicted molar refractivity (Wildman–Crippen MR) is 76.3 cm³/mol. The van der Waals surface area contributed by atoms with Crippen LogP contribution in [0.2, 0.25) is 0 Å². The van der Waals surface area contributed by atoms with Gasteiger partial charge in [-0.3, -0.25) is 14.6 Å². The van der Waals surface area contributed by atoms with Crippen LogP contribution in [0.5, 0.6) is 0 Å². The number of aryl methyl sites for hydroxylation is 1. The lowest BCUT2D eigenvalue weighted by atomic mass is 10.2. The van der Waals surface area contributed by atoms with Gasteiger partial charge in [-0.15, -0.1) is 0 Å². The van der Waals surface area contributed by atoms with Crippen LogP contribution in [0.3, 0.4) is 0 Å². The van der Waals surface area contributed by atoms with Gasteiger partial charge in [0.25, 0.3) is 5.56 Å². The Morgan fingerprint density at radius 1 is 1.35 bits per heavy atom. The average molecular weight is 330 g/mol. The molecule has 0 aliphatic heterocycles. The number of aromatic nitrogens is 2. The number of H-pyrrole nitrogens is 1. The monoisotopic (exact) mass is 330 g/mol. The SMILES string of the molecule is COC(CCn1ccc(=O)[nH]c1=O)COC(=O)OCCC(=O)O. The summed E-state index contributed by atoms with van der Waals surface area (Å²) in [6.45, 7) is -0.134. The molecule has 0 bridgehead atoms. The van der Waals surface area contributed by atoms with Crippen molar-refractivity contribution in [2.75, 3.05) is 20.3 Å². The van der Waals surface area contributed by atoms with E-state index in [0.717, 1.165) is 0 Å². The molecule has 23 heavy (non-hydrogen) atoms. The first-order chi connectivity index (χ1) is 10.9. The van der Waals surface area contributed by atoms with Crippen molar-refractivity contribution in [2.24, 2.45) is 0 Å². The zero-order chi connectivity index (χ0) is 17.2. The maximum Gasteiger partial charge on any atom is 0.508 e. The summed E-state index contributed by atoms with van der Waals surface area (Å²) in [5.41, 5.74) is -1.02. The highest BCUT2D eigenvalue weighted by Gasteiger charge is 2.13. The van der Waals surface area contributed by atoms with Crippen LogP contribution in [-0.4, -0.2) is 53.2 Å². The van der Waals surface area contributed by atoms with Gasteiger partial charge in [0.2, 0.25) is 0 Å². The van der Waals surface area contributed by atoms with E-state index in [-0.39, 0.29) is 26.2 Å². The second-order valence-electron chi connectivity index (χ2n) is 4.50. The Kier molecular flexibility index (Phi) is 7.54. The van der Waals surface area contributed by atoms with Crippen LogP contribution < -0.4 is 11.2 Å². The maximum absolute atomic E-state index is 11.5. The van der Waals surface area contributed by atoms with Crippen molar-refractivity contribution in [1.82, 2.24) is 9.55 Å². The number of rotatable bonds is 9. The molecule has 1 rings (SSSR count). The number of nitrogens with one attached hydrogen (secondary N) is 1. The molecule has 1 heterocycles. The van der Waals surface area contributed by atoms with E-state index in [9.17, 15) is 19.2 Å². The molecule has 10 nitrogen and oxygen atoms in total. The number of carbonyl (C=O) groups is 2. The molecular formula is C13H18N2O8. The standard InChI is InChI=1S/C13H18N2O8/c1-21-9(8-23-13(20)22-7-4-11(17)18)2-5-15-6-3-10(16)14-12(15)19/h3,6,9H,2,4-5,7-8H2,1H3,(H,17,18)(H,14,16,19). The number of carbonyl (C=O) groups excluding carboxylic acids is 1. The quantitative estimate of drug-likeness (QED) is 0.582. The van der Waals surface area contributed by atoms with Gasteiger partial charge in [-0.1, -0.05) is 0 Å². The van der Waals surface area contributed by atoms with Gasteiger partial charge in [0.1, 0.15) is 13.2 Å². The lowest BCUT2D eigenvalue weighted by molar-refractivity contribution is -0.137. The third kappa shape index (κ3) is 7.27. The van der Waals surface area contributed by atoms with Crippen molar-refractivity contribution in [3.8, 4) is 0 Å². The first kappa shape index (κ1) is 18.4. The zero-order valence-electron chi connectivity index (χ0n) is 12.5. The number of aliphatic carboxylic acids is 1. The fraction of sp³-hybridized carbons (Fsp3) is 0.538. The lowest BCUT2D eigenvalue weighted by Crippen LogP contribution is -2.31. The van der Waals surface area contributed by atoms with Gasteiger partial charge in [-0.2, -0.15) is 0 Å². The Morgan fingerprint density at radius 2 is 2.09 bits per heavy atom. The van der Waals surface area contributed by atoms with Gasteiger partial charge in [-0.05, 0) is 6.42 Å². The summed E-state index contributed by atoms with van der Waals surface area (Å²) in [5.74, 6) is -1.08. The molecule has 0 radical (unpaired) electrons. The van der Waals surface area contributed by atoms with Gasteiger partial charge >= 0.3 is 17.8 Å². The largest absolute Gasteiger partial charge is 0.508 e. The predicted octanol–water partition coefficient (Wildman–Crippen LogP) is -0.430. The molecule has 10 heteroatoms. The first-order valence-corrected chi connectivity index (χ1v) is 6.76. The minimum atomic E-state index is -1.08. The van der Waals surface area contributed by atoms with E-state index < -0.39 is 29.5 Å². The highest BCUT2D eigenvalue weighted by molar-refractivity contribution is 5.67. The Labute approximate surface area is 130 Å². The van der Waals surface area contributed by atoms with Crippen molar-refractivity contribution in [3.05, 3.63) is 33.1 Å². The summed E-state index contributed by atoms with van der Waals surface area (Å²) >= 11 is 0. The van der Waals surface area contributed by atoms with Crippen LogP contribution in [0.4, 0.5) is 4.79 Å². The van der Waals surface area contributed by atoms with Crippen molar-refractivity contribution in [1.29, 1.82) is 0 Å². The van der Waals surface area contributed by atoms with Crippen molar-refractivity contribution in [3.63, 3.8) is 0 Å². The zero-order valence-corrected chi connectivity index (χ0v) is 12.5. The minimum Gasteiger partial charge on any atom is -0.481 e. The van der Waals surface area contributed by atoms with Crippen LogP contribution in [0, 0.1) is 0 Å². The third-order valence-corrected chi connectivity index (χ3v) is 2.85. The number of hydrogen-bond acceptors (Lipinski definition) is 7. The first-order valence-electron chi connectivity index (χ1n) is 6.76. The number of nitrogens with zero attached hydrogens (tertiary/aromatic N) is 1. The smallest absolute Gasteiger partial charge is 0.481 e. The Morgan fingerprint density at radius 3 is 2.70 bits per heavy atom. The normalized spacial score (nSPS) is 11.7. The molecule has 0 saturated heterocycles. The fourth-order valence-electron chi connectivity index (χ4n) is 1.60. The molecule has 0 aromatic carbocycles. The summed E-state index contributed by atoms with van der Waals surface area (Å²) in [6.07, 6.45) is -0.0760. The third-order valence-electron chi connectivity index (χ3n) is 2.85. The Balaban J connectivity index is 2.36. The Bertz CT molecular complexity index is 635. The topological polar surface area (TPSA) is 137 Å². The Hall–Kier alpha value is -2.62. The molecule has 1 atom stereocenters. The molecule has 128 valence electrons. The van der Waals surface area contributed by atoms with E-state index in [1.807, 2.05) is 0 Å². The van der Waals surface area contributed by atoms with E-state index >= 15 is 0 Å². The lowest BCUT2D eigenvalue weighted by Gasteiger charge is -2.15. The number of methoxy groups -OCH3 is 1. The highest BCUT2D eigenvalue weighted by atomic mass is 16.7. The maximum atomic E-state index is 11.5. The number of aromatic amines is 1. The molecule has 0 aliphatic carbocycles. The second-order valence-corrected chi connectivity index (χ2v) is 4.50. The molecule has 0 saturated carbocycles. The van der Waals surface area contributed by atoms with Gasteiger partial charge in [-0.25, -0.2) is 9.59 Å². The average Bonchev–Trinajstić information content (AvgIpc) is 2.48. The van der Waals surface area contributed by atoms with Crippen molar-refractivity contribution in [2.45, 2.75) is 25.5 Å². The molecule has 1 aromatic rings. The summed E-state index contributed by atoms with van der Waals surface area (Å²) in [5, 5.41) is 8.40. The molecule has 1 aromatic heterocycles. The van der Waals surface area contributed by atoms with E-state index in [0.29, 0.717) is 6.42 Å². The van der Waals surface area contributed by atoms with Crippen LogP contribution in [0.15, 0.2) is 21.9 Å². The summed E-state index contributed by atoms with van der Waals surface area (Å²) in [6, 6.07) is 1.22. The van der Waals surface area contributed by atoms with Crippen LogP contribution >= 0.6 is 0 Å². The van der Waals surface area contributed by atoms with Crippen LogP contribution in [0.25, 0.3) is 0 Å². The number of carboxylic acid groups (broad SMARTS) is 1. The number of ether oxygens (including phenoxy) is 3. The molecule has 0 aliphatic rings. The molecular weight excluding hydrogens is 312 g/mol. The van der Waals surface area contributed by atoms with Crippen molar-refractivity contribution >= 4 is 12.1 Å². The molecule has 0 spiro atoms. The number of hydrogen-bond donors (Lipinski definition) is 2. The fourth-order valence-corrected chi connectivity index (χ4v) is 1.60. The molecule has 0 fully saturated rings. The van der Waals surface area contributed by atoms with Gasteiger partial charge in [0.05, 0.1) is 12.5 Å². The van der Waals surface area contributed by atoms with Crippen LogP contribution in [0.1, 0.15) is 12.8 Å². The van der Waals surface area contributed by atoms with E-state index in [2.05, 4.69) is 9.72 Å². The summed E-state index contributed by atoms with van der Waals surface area (Å²) in [7, 11) is 1.42. The second kappa shape index (κ2) is 9.41. The summed E-state index contributed by atoms with van der Waals surface area (Å²) in [4.78, 5) is 46.0. The molecule has 2 N–H and O–H groups in total. The van der Waals surface area contributed by atoms with Gasteiger partial charge < -0.3 is 23.9 Å². The molecule has 1 unspecified atom stereocenters. The van der Waals surface area contributed by atoms with E-state index in [4.69, 9.17) is 14.6 Å². The summed E-state index contributed by atoms with van der Waals surface area (Å²) < 4.78 is 15.7. The van der Waals surface area contributed by atoms with Gasteiger partial charge in [0.15, 0.2) is 0 Å². The highest BCUT2D eigenvalue weighted by Crippen LogP contribution is 2.01. The number of carboxylic acids is 1. The van der Waals surface area contributed by atoms with Crippen molar-refractivity contribution < 1.29 is 28.9 Å². The minimum absolute atomic E-state index is 0.111. The van der Waals surface area contributed by atoms with Crippen LogP contribution in [-0.2, 0) is 25.5 Å². The van der Waals surface area contributed by atoms with E-state index in [1.54, 1.807) is 0 Å².